The van der Waals surface area contributed by atoms with Gasteiger partial charge in [-0.25, -0.2) is 9.97 Å². The van der Waals surface area contributed by atoms with Gasteiger partial charge in [0, 0.05) is 17.4 Å². The molecule has 4 rings (SSSR count). The van der Waals surface area contributed by atoms with Crippen molar-refractivity contribution in [3.63, 3.8) is 0 Å². The minimum atomic E-state index is 0.649. The zero-order valence-corrected chi connectivity index (χ0v) is 15.5. The van der Waals surface area contributed by atoms with Gasteiger partial charge in [0.25, 0.3) is 0 Å². The van der Waals surface area contributed by atoms with Crippen molar-refractivity contribution in [2.75, 3.05) is 6.61 Å². The summed E-state index contributed by atoms with van der Waals surface area (Å²) >= 11 is 1.61. The van der Waals surface area contributed by atoms with E-state index in [4.69, 9.17) is 9.15 Å². The van der Waals surface area contributed by atoms with Gasteiger partial charge >= 0.3 is 0 Å². The van der Waals surface area contributed by atoms with Crippen molar-refractivity contribution in [3.05, 3.63) is 60.0 Å². The quantitative estimate of drug-likeness (QED) is 0.475. The lowest BCUT2D eigenvalue weighted by Crippen LogP contribution is -1.90. The highest BCUT2D eigenvalue weighted by Crippen LogP contribution is 2.28. The standard InChI is InChI=1S/C20H19N3O2S/c1-3-24-15-9-10-16-17(11-15)23-20(22-16)26-12-18-13(2)25-19(21-18)14-7-5-4-6-8-14/h4-11H,3,12H2,1-2H3,(H,22,23). The van der Waals surface area contributed by atoms with Gasteiger partial charge in [0.15, 0.2) is 5.16 Å². The Balaban J connectivity index is 1.50. The topological polar surface area (TPSA) is 63.9 Å². The van der Waals surface area contributed by atoms with Crippen LogP contribution in [0.15, 0.2) is 58.1 Å². The summed E-state index contributed by atoms with van der Waals surface area (Å²) in [7, 11) is 0. The highest BCUT2D eigenvalue weighted by Gasteiger charge is 2.13. The summed E-state index contributed by atoms with van der Waals surface area (Å²) in [6, 6.07) is 15.8. The third-order valence-corrected chi connectivity index (χ3v) is 4.89. The molecule has 0 amide bonds. The van der Waals surface area contributed by atoms with Crippen LogP contribution in [0.5, 0.6) is 5.75 Å². The van der Waals surface area contributed by atoms with E-state index in [9.17, 15) is 0 Å². The molecule has 0 saturated heterocycles. The molecule has 0 spiro atoms. The molecule has 2 aromatic carbocycles. The molecule has 0 saturated carbocycles. The van der Waals surface area contributed by atoms with E-state index in [2.05, 4.69) is 15.0 Å². The van der Waals surface area contributed by atoms with E-state index in [1.54, 1.807) is 11.8 Å². The average Bonchev–Trinajstić information content (AvgIpc) is 3.23. The van der Waals surface area contributed by atoms with Crippen LogP contribution in [-0.2, 0) is 5.75 Å². The number of aromatic amines is 1. The molecule has 1 N–H and O–H groups in total. The predicted octanol–water partition coefficient (Wildman–Crippen LogP) is 5.22. The summed E-state index contributed by atoms with van der Waals surface area (Å²) in [4.78, 5) is 12.6. The highest BCUT2D eigenvalue weighted by molar-refractivity contribution is 7.98. The van der Waals surface area contributed by atoms with Crippen LogP contribution in [0.3, 0.4) is 0 Å². The van der Waals surface area contributed by atoms with Gasteiger partial charge in [0.05, 0.1) is 23.3 Å². The first kappa shape index (κ1) is 16.7. The van der Waals surface area contributed by atoms with E-state index in [-0.39, 0.29) is 0 Å². The van der Waals surface area contributed by atoms with Crippen molar-refractivity contribution in [3.8, 4) is 17.2 Å². The molecule has 0 fully saturated rings. The van der Waals surface area contributed by atoms with Crippen LogP contribution in [0.2, 0.25) is 0 Å². The predicted molar refractivity (Wildman–Crippen MR) is 103 cm³/mol. The van der Waals surface area contributed by atoms with Crippen LogP contribution in [0.25, 0.3) is 22.5 Å². The smallest absolute Gasteiger partial charge is 0.226 e. The molecule has 0 aliphatic carbocycles. The second-order valence-corrected chi connectivity index (χ2v) is 6.79. The van der Waals surface area contributed by atoms with Crippen LogP contribution in [0, 0.1) is 6.92 Å². The van der Waals surface area contributed by atoms with Gasteiger partial charge < -0.3 is 14.1 Å². The summed E-state index contributed by atoms with van der Waals surface area (Å²) in [5.74, 6) is 3.04. The van der Waals surface area contributed by atoms with Gasteiger partial charge in [0.2, 0.25) is 5.89 Å². The first-order valence-corrected chi connectivity index (χ1v) is 9.48. The van der Waals surface area contributed by atoms with Crippen LogP contribution < -0.4 is 4.74 Å². The Kier molecular flexibility index (Phi) is 4.67. The maximum Gasteiger partial charge on any atom is 0.226 e. The molecule has 0 radical (unpaired) electrons. The maximum atomic E-state index is 5.82. The Morgan fingerprint density at radius 2 is 1.96 bits per heavy atom. The number of oxazole rings is 1. The van der Waals surface area contributed by atoms with Crippen LogP contribution in [-0.4, -0.2) is 21.6 Å². The number of thioether (sulfide) groups is 1. The Morgan fingerprint density at radius 3 is 2.77 bits per heavy atom. The number of nitrogens with zero attached hydrogens (tertiary/aromatic N) is 2. The lowest BCUT2D eigenvalue weighted by Gasteiger charge is -2.00. The summed E-state index contributed by atoms with van der Waals surface area (Å²) < 4.78 is 11.4. The van der Waals surface area contributed by atoms with Crippen molar-refractivity contribution < 1.29 is 9.15 Å². The fourth-order valence-corrected chi connectivity index (χ4v) is 3.58. The monoisotopic (exact) mass is 365 g/mol. The molecule has 6 heteroatoms. The fourth-order valence-electron chi connectivity index (χ4n) is 2.69. The number of aromatic nitrogens is 3. The number of benzene rings is 2. The Hall–Kier alpha value is -2.73. The fraction of sp³-hybridized carbons (Fsp3) is 0.200. The first-order valence-electron chi connectivity index (χ1n) is 8.50. The molecule has 2 aromatic heterocycles. The first-order chi connectivity index (χ1) is 12.7. The van der Waals surface area contributed by atoms with E-state index >= 15 is 0 Å². The van der Waals surface area contributed by atoms with Gasteiger partial charge in [0.1, 0.15) is 11.5 Å². The number of fused-ring (bicyclic) bond motifs is 1. The molecule has 26 heavy (non-hydrogen) atoms. The summed E-state index contributed by atoms with van der Waals surface area (Å²) in [6.45, 7) is 4.57. The highest BCUT2D eigenvalue weighted by atomic mass is 32.2. The van der Waals surface area contributed by atoms with E-state index in [0.29, 0.717) is 18.3 Å². The van der Waals surface area contributed by atoms with Crippen molar-refractivity contribution in [1.82, 2.24) is 15.0 Å². The lowest BCUT2D eigenvalue weighted by molar-refractivity contribution is 0.340. The number of hydrogen-bond acceptors (Lipinski definition) is 5. The van der Waals surface area contributed by atoms with Crippen molar-refractivity contribution in [2.45, 2.75) is 24.8 Å². The molecule has 2 heterocycles. The number of aryl methyl sites for hydroxylation is 1. The summed E-state index contributed by atoms with van der Waals surface area (Å²) in [5, 5.41) is 0.859. The van der Waals surface area contributed by atoms with Crippen molar-refractivity contribution >= 4 is 22.8 Å². The molecular weight excluding hydrogens is 346 g/mol. The molecule has 0 aliphatic heterocycles. The zero-order valence-electron chi connectivity index (χ0n) is 14.7. The lowest BCUT2D eigenvalue weighted by atomic mass is 10.2. The van der Waals surface area contributed by atoms with Crippen LogP contribution in [0.4, 0.5) is 0 Å². The largest absolute Gasteiger partial charge is 0.494 e. The minimum absolute atomic E-state index is 0.649. The van der Waals surface area contributed by atoms with E-state index < -0.39 is 0 Å². The normalized spacial score (nSPS) is 11.2. The SMILES string of the molecule is CCOc1ccc2nc(SCc3nc(-c4ccccc4)oc3C)[nH]c2c1. The molecule has 0 unspecified atom stereocenters. The number of ether oxygens (including phenoxy) is 1. The number of rotatable bonds is 6. The maximum absolute atomic E-state index is 5.82. The zero-order chi connectivity index (χ0) is 17.9. The second kappa shape index (κ2) is 7.25. The van der Waals surface area contributed by atoms with Crippen molar-refractivity contribution in [2.24, 2.45) is 0 Å². The number of imidazole rings is 1. The molecule has 4 aromatic rings. The van der Waals surface area contributed by atoms with Gasteiger partial charge in [-0.3, -0.25) is 0 Å². The van der Waals surface area contributed by atoms with Gasteiger partial charge in [-0.05, 0) is 38.1 Å². The van der Waals surface area contributed by atoms with Crippen molar-refractivity contribution in [1.29, 1.82) is 0 Å². The molecule has 132 valence electrons. The van der Waals surface area contributed by atoms with Crippen LogP contribution >= 0.6 is 11.8 Å². The minimum Gasteiger partial charge on any atom is -0.494 e. The molecule has 0 atom stereocenters. The average molecular weight is 365 g/mol. The third-order valence-electron chi connectivity index (χ3n) is 4.00. The van der Waals surface area contributed by atoms with E-state index in [1.165, 1.54) is 0 Å². The second-order valence-electron chi connectivity index (χ2n) is 5.83. The Bertz CT molecular complexity index is 1020. The van der Waals surface area contributed by atoms with Gasteiger partial charge in [-0.15, -0.1) is 0 Å². The number of nitrogens with one attached hydrogen (secondary N) is 1. The van der Waals surface area contributed by atoms with Gasteiger partial charge in [-0.1, -0.05) is 30.0 Å². The van der Waals surface area contributed by atoms with E-state index in [1.807, 2.05) is 62.4 Å². The summed E-state index contributed by atoms with van der Waals surface area (Å²) in [5.41, 5.74) is 3.82. The molecule has 0 aliphatic rings. The third kappa shape index (κ3) is 3.46. The number of hydrogen-bond donors (Lipinski definition) is 1. The molecular formula is C20H19N3O2S. The van der Waals surface area contributed by atoms with Crippen LogP contribution in [0.1, 0.15) is 18.4 Å². The molecule has 0 bridgehead atoms. The Labute approximate surface area is 155 Å². The molecule has 5 nitrogen and oxygen atoms in total. The van der Waals surface area contributed by atoms with Gasteiger partial charge in [-0.2, -0.15) is 0 Å². The summed E-state index contributed by atoms with van der Waals surface area (Å²) in [6.07, 6.45) is 0. The van der Waals surface area contributed by atoms with E-state index in [0.717, 1.165) is 39.0 Å². The Morgan fingerprint density at radius 1 is 1.12 bits per heavy atom. The number of H-pyrrole nitrogens is 1.